The first-order valence-corrected chi connectivity index (χ1v) is 12.7. The highest BCUT2D eigenvalue weighted by atomic mass is 35.5. The van der Waals surface area contributed by atoms with E-state index in [9.17, 15) is 9.18 Å². The Kier molecular flexibility index (Phi) is 7.87. The number of hydrogen-bond donors (Lipinski definition) is 1. The number of benzene rings is 2. The molecule has 11 heteroatoms. The summed E-state index contributed by atoms with van der Waals surface area (Å²) in [6, 6.07) is 8.30. The van der Waals surface area contributed by atoms with Crippen LogP contribution in [0.1, 0.15) is 12.8 Å². The number of likely N-dealkylation sites (tertiary alicyclic amines) is 1. The summed E-state index contributed by atoms with van der Waals surface area (Å²) in [6.45, 7) is 4.62. The average molecular weight is 530 g/mol. The van der Waals surface area contributed by atoms with Crippen molar-refractivity contribution >= 4 is 39.9 Å². The standard InChI is InChI=1S/C26H29ClFN5O4/c1-35-22-14-21-18(26(30-16-29-21)31-20-4-2-3-19(27)25(20)28)13-23(22)37-17-5-7-33(8-6-17)24(34)15-32-9-11-36-12-10-32/h2-4,13-14,16-17H,5-12,15H2,1H3,(H,29,30,31). The van der Waals surface area contributed by atoms with E-state index in [1.807, 2.05) is 4.90 Å². The van der Waals surface area contributed by atoms with Crippen LogP contribution >= 0.6 is 11.6 Å². The Morgan fingerprint density at radius 2 is 1.95 bits per heavy atom. The quantitative estimate of drug-likeness (QED) is 0.493. The molecule has 0 radical (unpaired) electrons. The number of amides is 1. The normalized spacial score (nSPS) is 17.1. The van der Waals surface area contributed by atoms with E-state index in [-0.39, 0.29) is 22.7 Å². The van der Waals surface area contributed by atoms with Gasteiger partial charge >= 0.3 is 0 Å². The first kappa shape index (κ1) is 25.4. The maximum absolute atomic E-state index is 14.5. The molecule has 5 rings (SSSR count). The highest BCUT2D eigenvalue weighted by Crippen LogP contribution is 2.36. The molecule has 0 saturated carbocycles. The van der Waals surface area contributed by atoms with Gasteiger partial charge in [-0.2, -0.15) is 0 Å². The Morgan fingerprint density at radius 1 is 1.16 bits per heavy atom. The zero-order chi connectivity index (χ0) is 25.8. The van der Waals surface area contributed by atoms with Gasteiger partial charge in [0.05, 0.1) is 43.1 Å². The average Bonchev–Trinajstić information content (AvgIpc) is 2.92. The lowest BCUT2D eigenvalue weighted by molar-refractivity contribution is -0.135. The van der Waals surface area contributed by atoms with Crippen LogP contribution in [0.2, 0.25) is 5.02 Å². The Balaban J connectivity index is 1.29. The van der Waals surface area contributed by atoms with Crippen molar-refractivity contribution in [2.75, 3.05) is 58.4 Å². The summed E-state index contributed by atoms with van der Waals surface area (Å²) in [4.78, 5) is 25.4. The number of carbonyl (C=O) groups excluding carboxylic acids is 1. The second-order valence-corrected chi connectivity index (χ2v) is 9.46. The lowest BCUT2D eigenvalue weighted by atomic mass is 10.1. The molecule has 3 heterocycles. The summed E-state index contributed by atoms with van der Waals surface area (Å²) in [7, 11) is 1.57. The minimum absolute atomic E-state index is 0.0174. The Bertz CT molecular complexity index is 1270. The minimum Gasteiger partial charge on any atom is -0.493 e. The SMILES string of the molecule is COc1cc2ncnc(Nc3cccc(Cl)c3F)c2cc1OC1CCN(C(=O)CN2CCOCC2)CC1. The third-order valence-electron chi connectivity index (χ3n) is 6.68. The highest BCUT2D eigenvalue weighted by molar-refractivity contribution is 6.31. The van der Waals surface area contributed by atoms with Crippen molar-refractivity contribution < 1.29 is 23.4 Å². The van der Waals surface area contributed by atoms with Crippen LogP contribution in [0.15, 0.2) is 36.7 Å². The van der Waals surface area contributed by atoms with Crippen LogP contribution in [0.4, 0.5) is 15.9 Å². The molecule has 0 unspecified atom stereocenters. The molecule has 2 fully saturated rings. The van der Waals surface area contributed by atoms with Crippen molar-refractivity contribution in [1.29, 1.82) is 0 Å². The van der Waals surface area contributed by atoms with Crippen molar-refractivity contribution in [1.82, 2.24) is 19.8 Å². The van der Waals surface area contributed by atoms with Gasteiger partial charge in [-0.1, -0.05) is 17.7 Å². The second-order valence-electron chi connectivity index (χ2n) is 9.06. The van der Waals surface area contributed by atoms with Gasteiger partial charge in [0, 0.05) is 50.5 Å². The van der Waals surface area contributed by atoms with Crippen LogP contribution in [-0.2, 0) is 9.53 Å². The van der Waals surface area contributed by atoms with E-state index < -0.39 is 5.82 Å². The molecule has 0 bridgehead atoms. The number of rotatable bonds is 7. The molecule has 1 amide bonds. The fraction of sp³-hybridized carbons (Fsp3) is 0.423. The number of carbonyl (C=O) groups is 1. The van der Waals surface area contributed by atoms with Crippen LogP contribution < -0.4 is 14.8 Å². The largest absolute Gasteiger partial charge is 0.493 e. The zero-order valence-electron chi connectivity index (χ0n) is 20.6. The molecule has 2 aliphatic rings. The molecule has 37 heavy (non-hydrogen) atoms. The number of piperidine rings is 1. The molecular weight excluding hydrogens is 501 g/mol. The maximum atomic E-state index is 14.5. The topological polar surface area (TPSA) is 89.1 Å². The van der Waals surface area contributed by atoms with E-state index in [0.717, 1.165) is 13.1 Å². The first-order valence-electron chi connectivity index (χ1n) is 12.3. The first-order chi connectivity index (χ1) is 18.0. The molecule has 0 aliphatic carbocycles. The smallest absolute Gasteiger partial charge is 0.236 e. The summed E-state index contributed by atoms with van der Waals surface area (Å²) in [5.74, 6) is 1.08. The molecule has 196 valence electrons. The van der Waals surface area contributed by atoms with E-state index in [0.29, 0.717) is 73.9 Å². The summed E-state index contributed by atoms with van der Waals surface area (Å²) < 4.78 is 31.8. The van der Waals surface area contributed by atoms with Crippen LogP contribution in [0.5, 0.6) is 11.5 Å². The molecule has 1 N–H and O–H groups in total. The number of ether oxygens (including phenoxy) is 3. The predicted molar refractivity (Wildman–Crippen MR) is 138 cm³/mol. The lowest BCUT2D eigenvalue weighted by Gasteiger charge is -2.34. The van der Waals surface area contributed by atoms with Gasteiger partial charge in [0.25, 0.3) is 0 Å². The van der Waals surface area contributed by atoms with E-state index in [2.05, 4.69) is 20.2 Å². The summed E-state index contributed by atoms with van der Waals surface area (Å²) >= 11 is 5.93. The number of aromatic nitrogens is 2. The summed E-state index contributed by atoms with van der Waals surface area (Å²) in [6.07, 6.45) is 2.74. The molecule has 3 aromatic rings. The highest BCUT2D eigenvalue weighted by Gasteiger charge is 2.26. The number of halogens is 2. The van der Waals surface area contributed by atoms with Crippen molar-refractivity contribution in [2.24, 2.45) is 0 Å². The van der Waals surface area contributed by atoms with Crippen LogP contribution in [0.3, 0.4) is 0 Å². The van der Waals surface area contributed by atoms with Gasteiger partial charge in [-0.05, 0) is 18.2 Å². The molecular formula is C26H29ClFN5O4. The van der Waals surface area contributed by atoms with E-state index in [1.165, 1.54) is 12.4 Å². The number of methoxy groups -OCH3 is 1. The fourth-order valence-electron chi connectivity index (χ4n) is 4.60. The maximum Gasteiger partial charge on any atom is 0.236 e. The number of nitrogens with one attached hydrogen (secondary N) is 1. The predicted octanol–water partition coefficient (Wildman–Crippen LogP) is 3.88. The fourth-order valence-corrected chi connectivity index (χ4v) is 4.77. The van der Waals surface area contributed by atoms with E-state index >= 15 is 0 Å². The summed E-state index contributed by atoms with van der Waals surface area (Å²) in [5, 5.41) is 3.68. The van der Waals surface area contributed by atoms with Gasteiger partial charge < -0.3 is 24.4 Å². The van der Waals surface area contributed by atoms with Gasteiger partial charge in [0.2, 0.25) is 5.91 Å². The monoisotopic (exact) mass is 529 g/mol. The Labute approximate surface area is 219 Å². The van der Waals surface area contributed by atoms with Gasteiger partial charge in [-0.15, -0.1) is 0 Å². The number of fused-ring (bicyclic) bond motifs is 1. The van der Waals surface area contributed by atoms with Gasteiger partial charge in [-0.3, -0.25) is 9.69 Å². The van der Waals surface area contributed by atoms with Crippen molar-refractivity contribution in [3.63, 3.8) is 0 Å². The molecule has 2 aliphatic heterocycles. The number of nitrogens with zero attached hydrogens (tertiary/aromatic N) is 4. The second kappa shape index (κ2) is 11.5. The minimum atomic E-state index is -0.559. The Morgan fingerprint density at radius 3 is 2.70 bits per heavy atom. The van der Waals surface area contributed by atoms with Crippen molar-refractivity contribution in [2.45, 2.75) is 18.9 Å². The Hall–Kier alpha value is -3.21. The van der Waals surface area contributed by atoms with Gasteiger partial charge in [-0.25, -0.2) is 14.4 Å². The van der Waals surface area contributed by atoms with Crippen LogP contribution in [0.25, 0.3) is 10.9 Å². The molecule has 9 nitrogen and oxygen atoms in total. The number of anilines is 2. The third-order valence-corrected chi connectivity index (χ3v) is 6.97. The van der Waals surface area contributed by atoms with Gasteiger partial charge in [0.1, 0.15) is 18.2 Å². The summed E-state index contributed by atoms with van der Waals surface area (Å²) in [5.41, 5.74) is 0.826. The van der Waals surface area contributed by atoms with Crippen molar-refractivity contribution in [3.8, 4) is 11.5 Å². The van der Waals surface area contributed by atoms with Gasteiger partial charge in [0.15, 0.2) is 17.3 Å². The van der Waals surface area contributed by atoms with Crippen LogP contribution in [0, 0.1) is 5.82 Å². The molecule has 2 saturated heterocycles. The molecule has 0 atom stereocenters. The number of hydrogen-bond acceptors (Lipinski definition) is 8. The zero-order valence-corrected chi connectivity index (χ0v) is 21.3. The third kappa shape index (κ3) is 5.87. The van der Waals surface area contributed by atoms with Crippen molar-refractivity contribution in [3.05, 3.63) is 47.5 Å². The van der Waals surface area contributed by atoms with E-state index in [1.54, 1.807) is 31.4 Å². The van der Waals surface area contributed by atoms with Crippen LogP contribution in [-0.4, -0.2) is 84.8 Å². The molecule has 1 aromatic heterocycles. The number of morpholine rings is 1. The molecule has 0 spiro atoms. The lowest BCUT2D eigenvalue weighted by Crippen LogP contribution is -2.48. The molecule has 2 aromatic carbocycles. The van der Waals surface area contributed by atoms with E-state index in [4.69, 9.17) is 25.8 Å².